The molecule has 1 unspecified atom stereocenters. The number of benzene rings is 3. The highest BCUT2D eigenvalue weighted by Gasteiger charge is 2.34. The zero-order chi connectivity index (χ0) is 24.9. The van der Waals surface area contributed by atoms with Crippen LogP contribution in [0.5, 0.6) is 0 Å². The summed E-state index contributed by atoms with van der Waals surface area (Å²) in [6, 6.07) is 21.9. The third-order valence-corrected chi connectivity index (χ3v) is 7.56. The number of fused-ring (bicyclic) bond motifs is 1. The number of aryl methyl sites for hydroxylation is 2. The van der Waals surface area contributed by atoms with Crippen molar-refractivity contribution in [3.05, 3.63) is 122 Å². The smallest absolute Gasteiger partial charge is 0.254 e. The molecule has 0 spiro atoms. The number of imidazole rings is 1. The third kappa shape index (κ3) is 3.78. The van der Waals surface area contributed by atoms with Gasteiger partial charge in [-0.3, -0.25) is 4.79 Å². The molecule has 2 aromatic heterocycles. The van der Waals surface area contributed by atoms with Crippen molar-refractivity contribution in [2.75, 3.05) is 0 Å². The summed E-state index contributed by atoms with van der Waals surface area (Å²) in [5.41, 5.74) is 6.05. The standard InChI is InChI=1S/C29H25Cl2N3O/c1-18-27(19-6-5-7-23(31)14-19)24-15-21(10-13-25(24)34(4)28(18)35)29(2,26-16-32-17-33(26)3)20-8-11-22(30)12-9-20/h5-17H,1-4H3. The highest BCUT2D eigenvalue weighted by Crippen LogP contribution is 2.41. The molecule has 0 bridgehead atoms. The number of aromatic nitrogens is 3. The Bertz CT molecular complexity index is 1630. The second-order valence-corrected chi connectivity index (χ2v) is 10.0. The first-order valence-corrected chi connectivity index (χ1v) is 12.1. The molecule has 5 rings (SSSR count). The van der Waals surface area contributed by atoms with Gasteiger partial charge in [-0.05, 0) is 72.5 Å². The van der Waals surface area contributed by atoms with Gasteiger partial charge in [0, 0.05) is 41.3 Å². The summed E-state index contributed by atoms with van der Waals surface area (Å²) < 4.78 is 3.76. The largest absolute Gasteiger partial charge is 0.337 e. The molecule has 0 aliphatic rings. The Morgan fingerprint density at radius 1 is 0.886 bits per heavy atom. The predicted molar refractivity (Wildman–Crippen MR) is 145 cm³/mol. The molecule has 2 heterocycles. The zero-order valence-electron chi connectivity index (χ0n) is 20.0. The molecule has 176 valence electrons. The molecule has 0 N–H and O–H groups in total. The van der Waals surface area contributed by atoms with E-state index in [1.165, 1.54) is 0 Å². The average Bonchev–Trinajstić information content (AvgIpc) is 3.29. The minimum Gasteiger partial charge on any atom is -0.337 e. The molecular formula is C29H25Cl2N3O. The summed E-state index contributed by atoms with van der Waals surface area (Å²) in [7, 11) is 3.82. The maximum Gasteiger partial charge on any atom is 0.254 e. The van der Waals surface area contributed by atoms with Crippen molar-refractivity contribution in [2.45, 2.75) is 19.3 Å². The van der Waals surface area contributed by atoms with Gasteiger partial charge in [-0.15, -0.1) is 0 Å². The van der Waals surface area contributed by atoms with Crippen molar-refractivity contribution in [1.82, 2.24) is 14.1 Å². The van der Waals surface area contributed by atoms with E-state index in [4.69, 9.17) is 23.2 Å². The van der Waals surface area contributed by atoms with Crippen LogP contribution in [-0.2, 0) is 19.5 Å². The third-order valence-electron chi connectivity index (χ3n) is 7.07. The molecule has 5 aromatic rings. The van der Waals surface area contributed by atoms with Crippen molar-refractivity contribution < 1.29 is 0 Å². The monoisotopic (exact) mass is 501 g/mol. The Morgan fingerprint density at radius 2 is 1.60 bits per heavy atom. The van der Waals surface area contributed by atoms with Crippen LogP contribution < -0.4 is 5.56 Å². The van der Waals surface area contributed by atoms with Crippen LogP contribution in [0.2, 0.25) is 10.0 Å². The van der Waals surface area contributed by atoms with E-state index in [0.717, 1.165) is 38.9 Å². The molecule has 35 heavy (non-hydrogen) atoms. The van der Waals surface area contributed by atoms with Crippen molar-refractivity contribution >= 4 is 34.1 Å². The van der Waals surface area contributed by atoms with Gasteiger partial charge in [-0.1, -0.05) is 53.5 Å². The van der Waals surface area contributed by atoms with Crippen molar-refractivity contribution in [3.63, 3.8) is 0 Å². The van der Waals surface area contributed by atoms with Crippen LogP contribution in [0.25, 0.3) is 22.0 Å². The van der Waals surface area contributed by atoms with Gasteiger partial charge >= 0.3 is 0 Å². The number of pyridine rings is 1. The fourth-order valence-electron chi connectivity index (χ4n) is 5.11. The molecule has 6 heteroatoms. The molecule has 0 fully saturated rings. The molecule has 0 aliphatic carbocycles. The lowest BCUT2D eigenvalue weighted by Gasteiger charge is -2.32. The summed E-state index contributed by atoms with van der Waals surface area (Å²) in [5, 5.41) is 2.31. The van der Waals surface area contributed by atoms with Crippen LogP contribution in [0.3, 0.4) is 0 Å². The summed E-state index contributed by atoms with van der Waals surface area (Å²) in [5.74, 6) is 0. The molecule has 0 saturated carbocycles. The molecule has 0 saturated heterocycles. The van der Waals surface area contributed by atoms with Gasteiger partial charge in [0.25, 0.3) is 5.56 Å². The van der Waals surface area contributed by atoms with Crippen molar-refractivity contribution in [2.24, 2.45) is 14.1 Å². The first kappa shape index (κ1) is 23.4. The summed E-state index contributed by atoms with van der Waals surface area (Å²) in [4.78, 5) is 17.5. The van der Waals surface area contributed by atoms with E-state index in [2.05, 4.69) is 36.2 Å². The first-order chi connectivity index (χ1) is 16.7. The van der Waals surface area contributed by atoms with Crippen LogP contribution >= 0.6 is 23.2 Å². The average molecular weight is 502 g/mol. The Morgan fingerprint density at radius 3 is 2.26 bits per heavy atom. The molecule has 0 radical (unpaired) electrons. The van der Waals surface area contributed by atoms with Gasteiger partial charge in [0.05, 0.1) is 23.0 Å². The minimum atomic E-state index is -0.516. The normalized spacial score (nSPS) is 13.2. The van der Waals surface area contributed by atoms with E-state index in [0.29, 0.717) is 15.6 Å². The molecule has 4 nitrogen and oxygen atoms in total. The van der Waals surface area contributed by atoms with Gasteiger partial charge in [0.15, 0.2) is 0 Å². The van der Waals surface area contributed by atoms with Crippen LogP contribution in [0.1, 0.15) is 29.3 Å². The lowest BCUT2D eigenvalue weighted by atomic mass is 9.73. The number of nitrogens with zero attached hydrogens (tertiary/aromatic N) is 3. The molecule has 1 atom stereocenters. The van der Waals surface area contributed by atoms with Gasteiger partial charge in [-0.2, -0.15) is 0 Å². The van der Waals surface area contributed by atoms with E-state index in [1.807, 2.05) is 80.6 Å². The Hall–Kier alpha value is -3.34. The van der Waals surface area contributed by atoms with Crippen LogP contribution in [-0.4, -0.2) is 14.1 Å². The van der Waals surface area contributed by atoms with Gasteiger partial charge in [0.2, 0.25) is 0 Å². The van der Waals surface area contributed by atoms with Crippen molar-refractivity contribution in [3.8, 4) is 11.1 Å². The summed E-state index contributed by atoms with van der Waals surface area (Å²) >= 11 is 12.6. The second-order valence-electron chi connectivity index (χ2n) is 9.13. The minimum absolute atomic E-state index is 0.0210. The topological polar surface area (TPSA) is 39.8 Å². The van der Waals surface area contributed by atoms with Crippen LogP contribution in [0, 0.1) is 6.92 Å². The number of halogens is 2. The fraction of sp³-hybridized carbons (Fsp3) is 0.172. The Kier molecular flexibility index (Phi) is 5.82. The van der Waals surface area contributed by atoms with Crippen LogP contribution in [0.4, 0.5) is 0 Å². The van der Waals surface area contributed by atoms with Crippen molar-refractivity contribution in [1.29, 1.82) is 0 Å². The predicted octanol–water partition coefficient (Wildman–Crippen LogP) is 6.91. The first-order valence-electron chi connectivity index (χ1n) is 11.3. The Balaban J connectivity index is 1.87. The molecule has 0 amide bonds. The Labute approximate surface area is 214 Å². The van der Waals surface area contributed by atoms with Gasteiger partial charge in [0.1, 0.15) is 0 Å². The summed E-state index contributed by atoms with van der Waals surface area (Å²) in [6.45, 7) is 4.08. The molecular weight excluding hydrogens is 477 g/mol. The van der Waals surface area contributed by atoms with Gasteiger partial charge < -0.3 is 9.13 Å². The zero-order valence-corrected chi connectivity index (χ0v) is 21.5. The maximum atomic E-state index is 13.1. The lowest BCUT2D eigenvalue weighted by Crippen LogP contribution is -2.28. The number of rotatable bonds is 4. The van der Waals surface area contributed by atoms with E-state index in [9.17, 15) is 4.79 Å². The van der Waals surface area contributed by atoms with Crippen LogP contribution in [0.15, 0.2) is 84.0 Å². The summed E-state index contributed by atoms with van der Waals surface area (Å²) in [6.07, 6.45) is 3.72. The lowest BCUT2D eigenvalue weighted by molar-refractivity contribution is 0.626. The molecule has 0 aliphatic heterocycles. The van der Waals surface area contributed by atoms with E-state index < -0.39 is 5.41 Å². The SMILES string of the molecule is Cc1c(-c2cccc(Cl)c2)c2cc(C(C)(c3ccc(Cl)cc3)c3cncn3C)ccc2n(C)c1=O. The molecule has 3 aromatic carbocycles. The highest BCUT2D eigenvalue weighted by atomic mass is 35.5. The number of hydrogen-bond acceptors (Lipinski definition) is 2. The highest BCUT2D eigenvalue weighted by molar-refractivity contribution is 6.31. The van der Waals surface area contributed by atoms with E-state index in [1.54, 1.807) is 4.57 Å². The quantitative estimate of drug-likeness (QED) is 0.268. The van der Waals surface area contributed by atoms with E-state index >= 15 is 0 Å². The number of hydrogen-bond donors (Lipinski definition) is 0. The van der Waals surface area contributed by atoms with Gasteiger partial charge in [-0.25, -0.2) is 4.98 Å². The van der Waals surface area contributed by atoms with E-state index in [-0.39, 0.29) is 5.56 Å². The second kappa shape index (κ2) is 8.71. The fourth-order valence-corrected chi connectivity index (χ4v) is 5.43. The maximum absolute atomic E-state index is 13.1.